The third-order valence-electron chi connectivity index (χ3n) is 3.21. The fourth-order valence-corrected chi connectivity index (χ4v) is 2.35. The molecule has 1 aromatic carbocycles. The summed E-state index contributed by atoms with van der Waals surface area (Å²) in [5, 5.41) is 4.01. The molecule has 0 spiro atoms. The Hall–Kier alpha value is -1.77. The predicted molar refractivity (Wildman–Crippen MR) is 75.1 cm³/mol. The lowest BCUT2D eigenvalue weighted by atomic mass is 10.0. The van der Waals surface area contributed by atoms with Crippen molar-refractivity contribution in [1.82, 2.24) is 10.3 Å². The minimum Gasteiger partial charge on any atom is -0.358 e. The number of rotatable bonds is 2. The highest BCUT2D eigenvalue weighted by Crippen LogP contribution is 2.27. The number of hydrogen-bond acceptors (Lipinski definition) is 1. The van der Waals surface area contributed by atoms with Gasteiger partial charge in [0.2, 0.25) is 0 Å². The smallest absolute Gasteiger partial charge is 0.253 e. The predicted octanol–water partition coefficient (Wildman–Crippen LogP) is 3.23. The van der Waals surface area contributed by atoms with Crippen LogP contribution in [0.15, 0.2) is 12.1 Å². The molecule has 2 N–H and O–H groups in total. The molecule has 0 unspecified atom stereocenters. The maximum Gasteiger partial charge on any atom is 0.253 e. The van der Waals surface area contributed by atoms with Crippen LogP contribution in [0.3, 0.4) is 0 Å². The van der Waals surface area contributed by atoms with E-state index >= 15 is 0 Å². The average Bonchev–Trinajstić information content (AvgIpc) is 2.61. The number of benzene rings is 1. The highest BCUT2D eigenvalue weighted by Gasteiger charge is 2.18. The standard InChI is InChI=1S/C15H20N2O/c1-8(2)16-15(18)13-11(5)17-14-10(4)7-6-9(3)12(13)14/h6-8,17H,1-5H3,(H,16,18). The summed E-state index contributed by atoms with van der Waals surface area (Å²) >= 11 is 0. The third-order valence-corrected chi connectivity index (χ3v) is 3.21. The maximum atomic E-state index is 12.3. The molecule has 3 heteroatoms. The largest absolute Gasteiger partial charge is 0.358 e. The summed E-state index contributed by atoms with van der Waals surface area (Å²) < 4.78 is 0. The van der Waals surface area contributed by atoms with Crippen LogP contribution < -0.4 is 5.32 Å². The van der Waals surface area contributed by atoms with Crippen LogP contribution in [0.2, 0.25) is 0 Å². The summed E-state index contributed by atoms with van der Waals surface area (Å²) in [4.78, 5) is 15.6. The highest BCUT2D eigenvalue weighted by molar-refractivity contribution is 6.09. The number of fused-ring (bicyclic) bond motifs is 1. The first-order chi connectivity index (χ1) is 8.41. The fraction of sp³-hybridized carbons (Fsp3) is 0.400. The molecule has 18 heavy (non-hydrogen) atoms. The number of carbonyl (C=O) groups is 1. The normalized spacial score (nSPS) is 11.2. The lowest BCUT2D eigenvalue weighted by molar-refractivity contribution is 0.0944. The van der Waals surface area contributed by atoms with Crippen molar-refractivity contribution in [2.24, 2.45) is 0 Å². The molecule has 0 radical (unpaired) electrons. The molecule has 2 aromatic rings. The van der Waals surface area contributed by atoms with Gasteiger partial charge in [-0.25, -0.2) is 0 Å². The van der Waals surface area contributed by atoms with Crippen LogP contribution in [0.4, 0.5) is 0 Å². The maximum absolute atomic E-state index is 12.3. The molecule has 0 atom stereocenters. The number of aromatic nitrogens is 1. The van der Waals surface area contributed by atoms with Gasteiger partial charge in [-0.2, -0.15) is 0 Å². The number of amides is 1. The first-order valence-electron chi connectivity index (χ1n) is 6.31. The molecule has 0 saturated heterocycles. The van der Waals surface area contributed by atoms with Gasteiger partial charge >= 0.3 is 0 Å². The van der Waals surface area contributed by atoms with Crippen LogP contribution in [0.1, 0.15) is 41.0 Å². The van der Waals surface area contributed by atoms with Crippen molar-refractivity contribution < 1.29 is 4.79 Å². The van der Waals surface area contributed by atoms with Gasteiger partial charge in [-0.05, 0) is 45.7 Å². The zero-order chi connectivity index (χ0) is 13.4. The van der Waals surface area contributed by atoms with E-state index in [0.29, 0.717) is 0 Å². The molecule has 0 aliphatic carbocycles. The van der Waals surface area contributed by atoms with Crippen molar-refractivity contribution in [2.45, 2.75) is 40.7 Å². The molecule has 3 nitrogen and oxygen atoms in total. The summed E-state index contributed by atoms with van der Waals surface area (Å²) in [6.07, 6.45) is 0. The number of carbonyl (C=O) groups excluding carboxylic acids is 1. The highest BCUT2D eigenvalue weighted by atomic mass is 16.1. The summed E-state index contributed by atoms with van der Waals surface area (Å²) in [6, 6.07) is 4.29. The van der Waals surface area contributed by atoms with Crippen molar-refractivity contribution in [3.8, 4) is 0 Å². The minimum absolute atomic E-state index is 0.00227. The van der Waals surface area contributed by atoms with Gasteiger partial charge in [0.05, 0.1) is 5.56 Å². The Morgan fingerprint density at radius 1 is 1.17 bits per heavy atom. The van der Waals surface area contributed by atoms with Crippen molar-refractivity contribution in [3.05, 3.63) is 34.5 Å². The quantitative estimate of drug-likeness (QED) is 0.837. The fourth-order valence-electron chi connectivity index (χ4n) is 2.35. The second kappa shape index (κ2) is 4.48. The van der Waals surface area contributed by atoms with E-state index in [1.54, 1.807) is 0 Å². The zero-order valence-electron chi connectivity index (χ0n) is 11.6. The Balaban J connectivity index is 2.67. The summed E-state index contributed by atoms with van der Waals surface area (Å²) in [5.74, 6) is 0.00227. The topological polar surface area (TPSA) is 44.9 Å². The van der Waals surface area contributed by atoms with Crippen molar-refractivity contribution in [2.75, 3.05) is 0 Å². The van der Waals surface area contributed by atoms with Gasteiger partial charge in [-0.15, -0.1) is 0 Å². The summed E-state index contributed by atoms with van der Waals surface area (Å²) in [5.41, 5.74) is 5.08. The van der Waals surface area contributed by atoms with Gasteiger partial charge < -0.3 is 10.3 Å². The molecule has 1 heterocycles. The molecular formula is C15H20N2O. The molecular weight excluding hydrogens is 224 g/mol. The van der Waals surface area contributed by atoms with Gasteiger partial charge in [0.1, 0.15) is 0 Å². The lowest BCUT2D eigenvalue weighted by Crippen LogP contribution is -2.30. The van der Waals surface area contributed by atoms with Gasteiger partial charge in [0.25, 0.3) is 5.91 Å². The molecule has 0 bridgehead atoms. The SMILES string of the molecule is Cc1[nH]c2c(C)ccc(C)c2c1C(=O)NC(C)C. The van der Waals surface area contributed by atoms with E-state index in [9.17, 15) is 4.79 Å². The Morgan fingerprint density at radius 3 is 2.39 bits per heavy atom. The van der Waals surface area contributed by atoms with E-state index in [0.717, 1.165) is 27.7 Å². The van der Waals surface area contributed by atoms with E-state index in [-0.39, 0.29) is 11.9 Å². The Kier molecular flexibility index (Phi) is 3.16. The molecule has 1 amide bonds. The molecule has 96 valence electrons. The first-order valence-corrected chi connectivity index (χ1v) is 6.31. The van der Waals surface area contributed by atoms with Crippen LogP contribution in [0.5, 0.6) is 0 Å². The third kappa shape index (κ3) is 2.01. The van der Waals surface area contributed by atoms with E-state index in [2.05, 4.69) is 29.4 Å². The van der Waals surface area contributed by atoms with Gasteiger partial charge in [0.15, 0.2) is 0 Å². The van der Waals surface area contributed by atoms with E-state index in [1.807, 2.05) is 27.7 Å². The summed E-state index contributed by atoms with van der Waals surface area (Å²) in [7, 11) is 0. The minimum atomic E-state index is 0.00227. The molecule has 0 aliphatic heterocycles. The van der Waals surface area contributed by atoms with E-state index in [4.69, 9.17) is 0 Å². The van der Waals surface area contributed by atoms with Crippen LogP contribution in [-0.4, -0.2) is 16.9 Å². The number of aromatic amines is 1. The van der Waals surface area contributed by atoms with E-state index < -0.39 is 0 Å². The number of hydrogen-bond donors (Lipinski definition) is 2. The average molecular weight is 244 g/mol. The van der Waals surface area contributed by atoms with Crippen molar-refractivity contribution >= 4 is 16.8 Å². The molecule has 0 fully saturated rings. The first kappa shape index (κ1) is 12.7. The van der Waals surface area contributed by atoms with Gasteiger partial charge in [-0.3, -0.25) is 4.79 Å². The second-order valence-electron chi connectivity index (χ2n) is 5.20. The van der Waals surface area contributed by atoms with Crippen LogP contribution in [0, 0.1) is 20.8 Å². The number of H-pyrrole nitrogens is 1. The number of aryl methyl sites for hydroxylation is 3. The lowest BCUT2D eigenvalue weighted by Gasteiger charge is -2.09. The van der Waals surface area contributed by atoms with Crippen molar-refractivity contribution in [3.63, 3.8) is 0 Å². The Morgan fingerprint density at radius 2 is 1.78 bits per heavy atom. The van der Waals surface area contributed by atoms with Crippen LogP contribution in [-0.2, 0) is 0 Å². The Labute approximate surface area is 108 Å². The van der Waals surface area contributed by atoms with Crippen LogP contribution >= 0.6 is 0 Å². The van der Waals surface area contributed by atoms with Crippen molar-refractivity contribution in [1.29, 1.82) is 0 Å². The summed E-state index contributed by atoms with van der Waals surface area (Å²) in [6.45, 7) is 10.00. The van der Waals surface area contributed by atoms with Gasteiger partial charge in [0, 0.05) is 22.6 Å². The molecule has 0 aliphatic rings. The molecule has 1 aromatic heterocycles. The monoisotopic (exact) mass is 244 g/mol. The van der Waals surface area contributed by atoms with E-state index in [1.165, 1.54) is 5.56 Å². The molecule has 0 saturated carbocycles. The molecule has 2 rings (SSSR count). The van der Waals surface area contributed by atoms with Gasteiger partial charge in [-0.1, -0.05) is 12.1 Å². The van der Waals surface area contributed by atoms with Crippen LogP contribution in [0.25, 0.3) is 10.9 Å². The second-order valence-corrected chi connectivity index (χ2v) is 5.20. The number of nitrogens with one attached hydrogen (secondary N) is 2. The Bertz CT molecular complexity index is 608. The zero-order valence-corrected chi connectivity index (χ0v) is 11.6.